The Kier molecular flexibility index (Phi) is 3.98. The molecule has 3 saturated carbocycles. The van der Waals surface area contributed by atoms with Gasteiger partial charge in [-0.3, -0.25) is 4.79 Å². The van der Waals surface area contributed by atoms with Crippen LogP contribution in [0.3, 0.4) is 0 Å². The van der Waals surface area contributed by atoms with Gasteiger partial charge in [-0.05, 0) is 49.4 Å². The van der Waals surface area contributed by atoms with Gasteiger partial charge in [0.1, 0.15) is 11.6 Å². The van der Waals surface area contributed by atoms with Gasteiger partial charge < -0.3 is 4.74 Å². The van der Waals surface area contributed by atoms with Crippen LogP contribution < -0.4 is 4.74 Å². The van der Waals surface area contributed by atoms with Gasteiger partial charge in [-0.1, -0.05) is 6.07 Å². The maximum Gasteiger partial charge on any atom is 0.249 e. The summed E-state index contributed by atoms with van der Waals surface area (Å²) >= 11 is 0. The molecule has 1 aromatic heterocycles. The van der Waals surface area contributed by atoms with E-state index in [4.69, 9.17) is 4.74 Å². The molecule has 1 aliphatic heterocycles. The highest BCUT2D eigenvalue weighted by atomic mass is 19.1. The smallest absolute Gasteiger partial charge is 0.249 e. The van der Waals surface area contributed by atoms with Crippen LogP contribution in [0.25, 0.3) is 0 Å². The summed E-state index contributed by atoms with van der Waals surface area (Å²) < 4.78 is 33.1. The van der Waals surface area contributed by atoms with Crippen molar-refractivity contribution in [3.8, 4) is 5.88 Å². The van der Waals surface area contributed by atoms with Crippen LogP contribution in [0.2, 0.25) is 0 Å². The molecule has 150 valence electrons. The minimum Gasteiger partial charge on any atom is -0.477 e. The molecule has 1 unspecified atom stereocenters. The topological polar surface area (TPSA) is 54.8 Å². The molecule has 5 nitrogen and oxygen atoms in total. The molecule has 0 saturated heterocycles. The van der Waals surface area contributed by atoms with Crippen LogP contribution in [0, 0.1) is 29.4 Å². The van der Waals surface area contributed by atoms with E-state index >= 15 is 0 Å². The lowest BCUT2D eigenvalue weighted by Gasteiger charge is -2.69. The number of hydrogen-bond acceptors (Lipinski definition) is 4. The van der Waals surface area contributed by atoms with Crippen LogP contribution in [0.1, 0.15) is 42.9 Å². The van der Waals surface area contributed by atoms with Crippen molar-refractivity contribution in [3.05, 3.63) is 59.3 Å². The van der Waals surface area contributed by atoms with Gasteiger partial charge in [-0.15, -0.1) is 0 Å². The van der Waals surface area contributed by atoms with Crippen molar-refractivity contribution in [2.75, 3.05) is 6.61 Å². The molecule has 3 aliphatic carbocycles. The van der Waals surface area contributed by atoms with Crippen molar-refractivity contribution in [2.45, 2.75) is 38.6 Å². The Bertz CT molecular complexity index is 966. The fourth-order valence-corrected chi connectivity index (χ4v) is 5.04. The lowest BCUT2D eigenvalue weighted by molar-refractivity contribution is -0.227. The van der Waals surface area contributed by atoms with E-state index in [9.17, 15) is 13.6 Å². The zero-order chi connectivity index (χ0) is 20.2. The lowest BCUT2D eigenvalue weighted by Crippen LogP contribution is -2.69. The van der Waals surface area contributed by atoms with Crippen LogP contribution in [-0.4, -0.2) is 28.7 Å². The molecule has 3 fully saturated rings. The summed E-state index contributed by atoms with van der Waals surface area (Å²) in [6.07, 6.45) is 6.11. The van der Waals surface area contributed by atoms with Crippen LogP contribution in [-0.2, 0) is 4.79 Å². The Morgan fingerprint density at radius 1 is 1.21 bits per heavy atom. The number of carbonyl (C=O) groups excluding carboxylic acids is 1. The largest absolute Gasteiger partial charge is 0.477 e. The molecule has 29 heavy (non-hydrogen) atoms. The number of amides is 1. The molecule has 1 aromatic carbocycles. The average molecular weight is 397 g/mol. The highest BCUT2D eigenvalue weighted by molar-refractivity contribution is 5.88. The van der Waals surface area contributed by atoms with Gasteiger partial charge in [-0.25, -0.2) is 18.8 Å². The second-order valence-electron chi connectivity index (χ2n) is 8.68. The van der Waals surface area contributed by atoms with Crippen LogP contribution in [0.5, 0.6) is 5.88 Å². The molecule has 2 heterocycles. The van der Waals surface area contributed by atoms with E-state index in [1.807, 2.05) is 19.1 Å². The van der Waals surface area contributed by atoms with Gasteiger partial charge in [0.15, 0.2) is 0 Å². The normalized spacial score (nSPS) is 29.3. The van der Waals surface area contributed by atoms with Crippen molar-refractivity contribution in [1.29, 1.82) is 0 Å². The highest BCUT2D eigenvalue weighted by Crippen LogP contribution is 2.74. The fourth-order valence-electron chi connectivity index (χ4n) is 5.04. The van der Waals surface area contributed by atoms with Gasteiger partial charge in [0, 0.05) is 36.4 Å². The zero-order valence-electron chi connectivity index (χ0n) is 16.1. The molecule has 0 N–H and O–H groups in total. The van der Waals surface area contributed by atoms with Gasteiger partial charge in [-0.2, -0.15) is 5.10 Å². The first kappa shape index (κ1) is 18.2. The molecular formula is C22H21F2N3O2. The zero-order valence-corrected chi connectivity index (χ0v) is 16.1. The second kappa shape index (κ2) is 6.34. The Morgan fingerprint density at radius 2 is 1.93 bits per heavy atom. The molecule has 1 amide bonds. The molecule has 0 spiro atoms. The predicted molar refractivity (Wildman–Crippen MR) is 102 cm³/mol. The van der Waals surface area contributed by atoms with Crippen molar-refractivity contribution in [1.82, 2.24) is 9.99 Å². The standard InChI is InChI=1S/C22H21F2N3O2/c1-14-2-3-19(25-9-14)29-13-21-10-22(11-21,12-21)20(28)27-18(4-5-26-27)15-6-16(23)8-17(24)7-15/h2-3,5-9,18H,4,10-13H2,1H3. The number of carbonyl (C=O) groups is 1. The van der Waals surface area contributed by atoms with E-state index in [-0.39, 0.29) is 11.3 Å². The summed E-state index contributed by atoms with van der Waals surface area (Å²) in [6.45, 7) is 2.51. The van der Waals surface area contributed by atoms with Gasteiger partial charge >= 0.3 is 0 Å². The SMILES string of the molecule is Cc1ccc(OCC23CC(C(=O)N4N=CCC4c4cc(F)cc(F)c4)(C2)C3)nc1. The van der Waals surface area contributed by atoms with E-state index in [2.05, 4.69) is 10.1 Å². The summed E-state index contributed by atoms with van der Waals surface area (Å²) in [5.74, 6) is -0.759. The Morgan fingerprint density at radius 3 is 2.59 bits per heavy atom. The number of pyridine rings is 1. The molecule has 2 aromatic rings. The van der Waals surface area contributed by atoms with Crippen LogP contribution in [0.15, 0.2) is 41.6 Å². The first-order valence-corrected chi connectivity index (χ1v) is 9.76. The average Bonchev–Trinajstić information content (AvgIpc) is 3.10. The minimum absolute atomic E-state index is 0.0200. The van der Waals surface area contributed by atoms with Crippen molar-refractivity contribution in [2.24, 2.45) is 15.9 Å². The second-order valence-corrected chi connectivity index (χ2v) is 8.68. The van der Waals surface area contributed by atoms with E-state index < -0.39 is 23.1 Å². The Hall–Kier alpha value is -2.83. The molecule has 4 aliphatic rings. The summed E-state index contributed by atoms with van der Waals surface area (Å²) in [5, 5.41) is 5.64. The summed E-state index contributed by atoms with van der Waals surface area (Å²) in [7, 11) is 0. The Balaban J connectivity index is 1.23. The maximum atomic E-state index is 13.6. The quantitative estimate of drug-likeness (QED) is 0.761. The molecule has 7 heteroatoms. The number of ether oxygens (including phenoxy) is 1. The van der Waals surface area contributed by atoms with Crippen molar-refractivity contribution >= 4 is 12.1 Å². The van der Waals surface area contributed by atoms with Crippen LogP contribution in [0.4, 0.5) is 8.78 Å². The van der Waals surface area contributed by atoms with E-state index in [1.165, 1.54) is 17.1 Å². The van der Waals surface area contributed by atoms with Crippen LogP contribution >= 0.6 is 0 Å². The predicted octanol–water partition coefficient (Wildman–Crippen LogP) is 4.18. The number of halogens is 2. The fraction of sp³-hybridized carbons (Fsp3) is 0.409. The van der Waals surface area contributed by atoms with Gasteiger partial charge in [0.25, 0.3) is 0 Å². The first-order chi connectivity index (χ1) is 13.9. The molecule has 1 atom stereocenters. The molecule has 0 radical (unpaired) electrons. The molecule has 6 rings (SSSR count). The summed E-state index contributed by atoms with van der Waals surface area (Å²) in [5.41, 5.74) is 1.11. The monoisotopic (exact) mass is 397 g/mol. The number of benzene rings is 1. The lowest BCUT2D eigenvalue weighted by atomic mass is 9.35. The van der Waals surface area contributed by atoms with Crippen molar-refractivity contribution < 1.29 is 18.3 Å². The third-order valence-electron chi connectivity index (χ3n) is 6.31. The third-order valence-corrected chi connectivity index (χ3v) is 6.31. The highest BCUT2D eigenvalue weighted by Gasteiger charge is 2.72. The number of nitrogens with zero attached hydrogens (tertiary/aromatic N) is 3. The minimum atomic E-state index is -0.648. The maximum absolute atomic E-state index is 13.6. The van der Waals surface area contributed by atoms with E-state index in [1.54, 1.807) is 12.4 Å². The summed E-state index contributed by atoms with van der Waals surface area (Å²) in [6, 6.07) is 6.73. The molecular weight excluding hydrogens is 376 g/mol. The number of rotatable bonds is 5. The van der Waals surface area contributed by atoms with Crippen molar-refractivity contribution in [3.63, 3.8) is 0 Å². The summed E-state index contributed by atoms with van der Waals surface area (Å²) in [4.78, 5) is 17.4. The van der Waals surface area contributed by atoms with Gasteiger partial charge in [0.2, 0.25) is 11.8 Å². The number of hydrogen-bond donors (Lipinski definition) is 0. The first-order valence-electron chi connectivity index (χ1n) is 9.76. The third kappa shape index (κ3) is 2.99. The Labute approximate surface area is 167 Å². The van der Waals surface area contributed by atoms with Gasteiger partial charge in [0.05, 0.1) is 18.1 Å². The number of hydrazone groups is 1. The number of aromatic nitrogens is 1. The number of aryl methyl sites for hydroxylation is 1. The van der Waals surface area contributed by atoms with E-state index in [0.717, 1.165) is 30.9 Å². The van der Waals surface area contributed by atoms with E-state index in [0.29, 0.717) is 24.5 Å². The molecule has 2 bridgehead atoms.